The van der Waals surface area contributed by atoms with Gasteiger partial charge < -0.3 is 19.9 Å². The summed E-state index contributed by atoms with van der Waals surface area (Å²) in [5.41, 5.74) is -0.918. The number of hydrogen-bond donors (Lipinski definition) is 2. The van der Waals surface area contributed by atoms with Gasteiger partial charge in [0.1, 0.15) is 11.6 Å². The molecule has 1 heterocycles. The molecule has 0 spiro atoms. The summed E-state index contributed by atoms with van der Waals surface area (Å²) in [6.07, 6.45) is 0.496. The molecule has 2 N–H and O–H groups in total. The van der Waals surface area contributed by atoms with E-state index in [4.69, 9.17) is 9.47 Å². The minimum atomic E-state index is -0.918. The van der Waals surface area contributed by atoms with E-state index < -0.39 is 11.5 Å². The second-order valence-corrected chi connectivity index (χ2v) is 4.48. The Balaban J connectivity index is 2.43. The molecule has 0 radical (unpaired) electrons. The number of nitrogens with one attached hydrogen (secondary N) is 1. The van der Waals surface area contributed by atoms with Crippen molar-refractivity contribution in [1.29, 1.82) is 0 Å². The quantitative estimate of drug-likeness (QED) is 0.672. The second-order valence-electron chi connectivity index (χ2n) is 4.48. The first-order chi connectivity index (χ1) is 7.48. The van der Waals surface area contributed by atoms with Gasteiger partial charge in [0.05, 0.1) is 19.3 Å². The van der Waals surface area contributed by atoms with E-state index in [1.54, 1.807) is 6.92 Å². The molecule has 0 aromatic rings. The van der Waals surface area contributed by atoms with Crippen molar-refractivity contribution in [3.63, 3.8) is 0 Å². The number of rotatable bonds is 7. The van der Waals surface area contributed by atoms with Crippen molar-refractivity contribution in [2.75, 3.05) is 19.8 Å². The van der Waals surface area contributed by atoms with E-state index in [1.807, 2.05) is 13.8 Å². The third kappa shape index (κ3) is 3.43. The van der Waals surface area contributed by atoms with Crippen LogP contribution in [0.25, 0.3) is 0 Å². The molecule has 5 heteroatoms. The Kier molecular flexibility index (Phi) is 4.70. The molecule has 0 amide bonds. The number of carboxylic acid groups (broad SMARTS) is 1. The lowest BCUT2D eigenvalue weighted by molar-refractivity contribution is -0.161. The van der Waals surface area contributed by atoms with Gasteiger partial charge in [-0.3, -0.25) is 4.79 Å². The fraction of sp³-hybridized carbons (Fsp3) is 0.909. The Bertz CT molecular complexity index is 242. The summed E-state index contributed by atoms with van der Waals surface area (Å²) < 4.78 is 10.7. The largest absolute Gasteiger partial charge is 0.480 e. The second kappa shape index (κ2) is 5.61. The Morgan fingerprint density at radius 3 is 2.69 bits per heavy atom. The number of hydrogen-bond acceptors (Lipinski definition) is 4. The van der Waals surface area contributed by atoms with Crippen LogP contribution in [0.3, 0.4) is 0 Å². The Labute approximate surface area is 96.1 Å². The van der Waals surface area contributed by atoms with E-state index in [0.717, 1.165) is 0 Å². The van der Waals surface area contributed by atoms with Gasteiger partial charge in [-0.25, -0.2) is 0 Å². The average molecular weight is 231 g/mol. The highest BCUT2D eigenvalue weighted by molar-refractivity contribution is 5.78. The first-order valence-corrected chi connectivity index (χ1v) is 5.69. The molecule has 2 unspecified atom stereocenters. The summed E-state index contributed by atoms with van der Waals surface area (Å²) in [6, 6.07) is 0. The van der Waals surface area contributed by atoms with Crippen LogP contribution in [0.2, 0.25) is 0 Å². The van der Waals surface area contributed by atoms with E-state index >= 15 is 0 Å². The average Bonchev–Trinajstić information content (AvgIpc) is 2.11. The van der Waals surface area contributed by atoms with Gasteiger partial charge in [-0.1, -0.05) is 6.92 Å². The maximum atomic E-state index is 11.2. The summed E-state index contributed by atoms with van der Waals surface area (Å²) in [4.78, 5) is 11.2. The van der Waals surface area contributed by atoms with Crippen molar-refractivity contribution in [2.45, 2.75) is 44.9 Å². The molecule has 0 saturated carbocycles. The predicted octanol–water partition coefficient (Wildman–Crippen LogP) is 0.633. The molecule has 1 rings (SSSR count). The highest BCUT2D eigenvalue weighted by Crippen LogP contribution is 2.18. The van der Waals surface area contributed by atoms with E-state index in [9.17, 15) is 9.90 Å². The molecule has 2 atom stereocenters. The predicted molar refractivity (Wildman–Crippen MR) is 59.5 cm³/mol. The van der Waals surface area contributed by atoms with Crippen LogP contribution >= 0.6 is 0 Å². The Hall–Kier alpha value is -0.650. The molecule has 1 aliphatic rings. The van der Waals surface area contributed by atoms with Crippen molar-refractivity contribution in [3.05, 3.63) is 0 Å². The highest BCUT2D eigenvalue weighted by Gasteiger charge is 2.35. The molecular formula is C11H21NO4. The number of carbonyl (C=O) groups is 1. The highest BCUT2D eigenvalue weighted by atomic mass is 16.6. The van der Waals surface area contributed by atoms with E-state index in [0.29, 0.717) is 26.2 Å². The minimum Gasteiger partial charge on any atom is -0.480 e. The SMILES string of the molecule is CCNC(C)(CC(C)OC1COC1)C(=O)O. The minimum absolute atomic E-state index is 0.0888. The molecule has 1 saturated heterocycles. The maximum Gasteiger partial charge on any atom is 0.323 e. The Morgan fingerprint density at radius 2 is 2.31 bits per heavy atom. The molecule has 0 aromatic carbocycles. The van der Waals surface area contributed by atoms with Crippen molar-refractivity contribution in [3.8, 4) is 0 Å². The van der Waals surface area contributed by atoms with E-state index in [1.165, 1.54) is 0 Å². The first-order valence-electron chi connectivity index (χ1n) is 5.69. The molecule has 0 bridgehead atoms. The number of likely N-dealkylation sites (N-methyl/N-ethyl adjacent to an activating group) is 1. The van der Waals surface area contributed by atoms with Crippen molar-refractivity contribution in [2.24, 2.45) is 0 Å². The van der Waals surface area contributed by atoms with Crippen molar-refractivity contribution in [1.82, 2.24) is 5.32 Å². The van der Waals surface area contributed by atoms with Crippen LogP contribution in [0, 0.1) is 0 Å². The van der Waals surface area contributed by atoms with Crippen molar-refractivity contribution < 1.29 is 19.4 Å². The molecule has 1 fully saturated rings. The smallest absolute Gasteiger partial charge is 0.323 e. The maximum absolute atomic E-state index is 11.2. The first kappa shape index (κ1) is 13.4. The zero-order chi connectivity index (χ0) is 12.2. The molecular weight excluding hydrogens is 210 g/mol. The standard InChI is InChI=1S/C11H21NO4/c1-4-12-11(3,10(13)14)5-8(2)16-9-6-15-7-9/h8-9,12H,4-7H2,1-3H3,(H,13,14). The summed E-state index contributed by atoms with van der Waals surface area (Å²) in [6.45, 7) is 7.35. The number of carboxylic acids is 1. The lowest BCUT2D eigenvalue weighted by Gasteiger charge is -2.33. The van der Waals surface area contributed by atoms with Crippen LogP contribution in [0.1, 0.15) is 27.2 Å². The lowest BCUT2D eigenvalue weighted by atomic mass is 9.94. The molecule has 1 aliphatic heterocycles. The summed E-state index contributed by atoms with van der Waals surface area (Å²) in [5, 5.41) is 12.2. The Morgan fingerprint density at radius 1 is 1.69 bits per heavy atom. The van der Waals surface area contributed by atoms with E-state index in [2.05, 4.69) is 5.32 Å². The molecule has 5 nitrogen and oxygen atoms in total. The topological polar surface area (TPSA) is 67.8 Å². The third-order valence-corrected chi connectivity index (χ3v) is 2.77. The fourth-order valence-electron chi connectivity index (χ4n) is 1.87. The van der Waals surface area contributed by atoms with Crippen LogP contribution < -0.4 is 5.32 Å². The third-order valence-electron chi connectivity index (χ3n) is 2.77. The van der Waals surface area contributed by atoms with Gasteiger partial charge in [-0.05, 0) is 20.4 Å². The zero-order valence-corrected chi connectivity index (χ0v) is 10.2. The van der Waals surface area contributed by atoms with Crippen LogP contribution in [0.15, 0.2) is 0 Å². The van der Waals surface area contributed by atoms with Gasteiger partial charge >= 0.3 is 5.97 Å². The van der Waals surface area contributed by atoms with Gasteiger partial charge in [0, 0.05) is 6.42 Å². The normalized spacial score (nSPS) is 22.2. The fourth-order valence-corrected chi connectivity index (χ4v) is 1.87. The van der Waals surface area contributed by atoms with Gasteiger partial charge in [-0.15, -0.1) is 0 Å². The van der Waals surface area contributed by atoms with E-state index in [-0.39, 0.29) is 12.2 Å². The summed E-state index contributed by atoms with van der Waals surface area (Å²) >= 11 is 0. The van der Waals surface area contributed by atoms with Crippen LogP contribution in [0.5, 0.6) is 0 Å². The van der Waals surface area contributed by atoms with Crippen LogP contribution in [-0.2, 0) is 14.3 Å². The van der Waals surface area contributed by atoms with Gasteiger partial charge in [0.15, 0.2) is 0 Å². The molecule has 94 valence electrons. The van der Waals surface area contributed by atoms with Gasteiger partial charge in [-0.2, -0.15) is 0 Å². The van der Waals surface area contributed by atoms with Crippen molar-refractivity contribution >= 4 is 5.97 Å². The summed E-state index contributed by atoms with van der Waals surface area (Å²) in [7, 11) is 0. The van der Waals surface area contributed by atoms with Crippen LogP contribution in [-0.4, -0.2) is 48.6 Å². The summed E-state index contributed by atoms with van der Waals surface area (Å²) in [5.74, 6) is -0.838. The lowest BCUT2D eigenvalue weighted by Crippen LogP contribution is -2.52. The van der Waals surface area contributed by atoms with Gasteiger partial charge in [0.2, 0.25) is 0 Å². The van der Waals surface area contributed by atoms with Crippen LogP contribution in [0.4, 0.5) is 0 Å². The molecule has 0 aliphatic carbocycles. The zero-order valence-electron chi connectivity index (χ0n) is 10.2. The molecule has 0 aromatic heterocycles. The van der Waals surface area contributed by atoms with Gasteiger partial charge in [0.25, 0.3) is 0 Å². The number of ether oxygens (including phenoxy) is 2. The monoisotopic (exact) mass is 231 g/mol. The number of aliphatic carboxylic acids is 1. The molecule has 16 heavy (non-hydrogen) atoms.